The normalized spacial score (nSPS) is 11.6. The molecule has 1 aromatic carbocycles. The van der Waals surface area contributed by atoms with E-state index in [1.54, 1.807) is 0 Å². The molecule has 0 aliphatic heterocycles. The highest BCUT2D eigenvalue weighted by molar-refractivity contribution is 7.89. The number of rotatable bonds is 6. The summed E-state index contributed by atoms with van der Waals surface area (Å²) < 4.78 is 38.5. The monoisotopic (exact) mass is 246 g/mol. The Kier molecular flexibility index (Phi) is 4.85. The molecule has 1 aromatic rings. The predicted octanol–water partition coefficient (Wildman–Crippen LogP) is 0.843. The standard InChI is InChI=1S/C10H15FN2O2S/c11-9-4-3-5-10(8-9)16(14,15)13-7-2-1-6-12/h3-5,8,13H,1-2,6-7,12H2. The predicted molar refractivity (Wildman–Crippen MR) is 59.9 cm³/mol. The number of benzene rings is 1. The largest absolute Gasteiger partial charge is 0.330 e. The van der Waals surface area contributed by atoms with Crippen LogP contribution in [0.1, 0.15) is 12.8 Å². The molecule has 6 heteroatoms. The van der Waals surface area contributed by atoms with Gasteiger partial charge in [0.25, 0.3) is 0 Å². The molecule has 0 radical (unpaired) electrons. The molecule has 0 bridgehead atoms. The van der Waals surface area contributed by atoms with Gasteiger partial charge in [-0.3, -0.25) is 0 Å². The van der Waals surface area contributed by atoms with E-state index in [-0.39, 0.29) is 4.90 Å². The Balaban J connectivity index is 2.64. The summed E-state index contributed by atoms with van der Waals surface area (Å²) in [5.74, 6) is -0.565. The number of halogens is 1. The average molecular weight is 246 g/mol. The van der Waals surface area contributed by atoms with Crippen LogP contribution in [0.3, 0.4) is 0 Å². The maximum absolute atomic E-state index is 12.8. The Morgan fingerprint density at radius 2 is 2.06 bits per heavy atom. The maximum Gasteiger partial charge on any atom is 0.240 e. The number of sulfonamides is 1. The Morgan fingerprint density at radius 1 is 1.31 bits per heavy atom. The zero-order valence-electron chi connectivity index (χ0n) is 8.82. The number of hydrogen-bond acceptors (Lipinski definition) is 3. The first-order chi connectivity index (χ1) is 7.56. The lowest BCUT2D eigenvalue weighted by Crippen LogP contribution is -2.25. The van der Waals surface area contributed by atoms with Crippen LogP contribution in [0.5, 0.6) is 0 Å². The van der Waals surface area contributed by atoms with Crippen LogP contribution in [0, 0.1) is 5.82 Å². The topological polar surface area (TPSA) is 72.2 Å². The van der Waals surface area contributed by atoms with Crippen molar-refractivity contribution < 1.29 is 12.8 Å². The quantitative estimate of drug-likeness (QED) is 0.731. The van der Waals surface area contributed by atoms with Crippen molar-refractivity contribution in [2.75, 3.05) is 13.1 Å². The van der Waals surface area contributed by atoms with Gasteiger partial charge in [0.15, 0.2) is 0 Å². The summed E-state index contributed by atoms with van der Waals surface area (Å²) in [6.45, 7) is 0.845. The molecule has 1 rings (SSSR count). The lowest BCUT2D eigenvalue weighted by atomic mass is 10.3. The first-order valence-electron chi connectivity index (χ1n) is 5.01. The second-order valence-corrected chi connectivity index (χ2v) is 5.12. The van der Waals surface area contributed by atoms with Gasteiger partial charge >= 0.3 is 0 Å². The lowest BCUT2D eigenvalue weighted by Gasteiger charge is -2.06. The van der Waals surface area contributed by atoms with Crippen molar-refractivity contribution >= 4 is 10.0 Å². The third-order valence-electron chi connectivity index (χ3n) is 2.03. The van der Waals surface area contributed by atoms with E-state index in [1.165, 1.54) is 18.2 Å². The summed E-state index contributed by atoms with van der Waals surface area (Å²) >= 11 is 0. The fraction of sp³-hybridized carbons (Fsp3) is 0.400. The Bertz CT molecular complexity index is 434. The summed E-state index contributed by atoms with van der Waals surface area (Å²) in [5.41, 5.74) is 5.28. The third-order valence-corrected chi connectivity index (χ3v) is 3.49. The van der Waals surface area contributed by atoms with Gasteiger partial charge < -0.3 is 5.73 Å². The third kappa shape index (κ3) is 3.88. The van der Waals surface area contributed by atoms with Gasteiger partial charge in [-0.2, -0.15) is 0 Å². The van der Waals surface area contributed by atoms with Gasteiger partial charge in [-0.25, -0.2) is 17.5 Å². The highest BCUT2D eigenvalue weighted by atomic mass is 32.2. The molecular weight excluding hydrogens is 231 g/mol. The molecular formula is C10H15FN2O2S. The zero-order valence-corrected chi connectivity index (χ0v) is 9.63. The van der Waals surface area contributed by atoms with Gasteiger partial charge in [0, 0.05) is 6.54 Å². The molecule has 0 aromatic heterocycles. The van der Waals surface area contributed by atoms with Crippen LogP contribution in [-0.4, -0.2) is 21.5 Å². The molecule has 0 aliphatic carbocycles. The first kappa shape index (κ1) is 13.1. The van der Waals surface area contributed by atoms with Crippen molar-refractivity contribution in [2.45, 2.75) is 17.7 Å². The Hall–Kier alpha value is -0.980. The molecule has 0 amide bonds. The molecule has 16 heavy (non-hydrogen) atoms. The first-order valence-corrected chi connectivity index (χ1v) is 6.50. The summed E-state index contributed by atoms with van der Waals surface area (Å²) in [5, 5.41) is 0. The number of nitrogens with two attached hydrogens (primary N) is 1. The smallest absolute Gasteiger partial charge is 0.240 e. The SMILES string of the molecule is NCCCCNS(=O)(=O)c1cccc(F)c1. The van der Waals surface area contributed by atoms with E-state index in [1.807, 2.05) is 0 Å². The van der Waals surface area contributed by atoms with Gasteiger partial charge in [-0.1, -0.05) is 6.07 Å². The van der Waals surface area contributed by atoms with Crippen molar-refractivity contribution in [1.82, 2.24) is 4.72 Å². The molecule has 0 unspecified atom stereocenters. The average Bonchev–Trinajstić information content (AvgIpc) is 2.24. The van der Waals surface area contributed by atoms with Crippen molar-refractivity contribution in [3.8, 4) is 0 Å². The van der Waals surface area contributed by atoms with E-state index in [9.17, 15) is 12.8 Å². The number of unbranched alkanes of at least 4 members (excludes halogenated alkanes) is 1. The molecule has 0 saturated heterocycles. The van der Waals surface area contributed by atoms with Gasteiger partial charge in [0.2, 0.25) is 10.0 Å². The second kappa shape index (κ2) is 5.93. The second-order valence-electron chi connectivity index (χ2n) is 3.35. The zero-order chi connectivity index (χ0) is 12.0. The van der Waals surface area contributed by atoms with Crippen molar-refractivity contribution in [1.29, 1.82) is 0 Å². The number of hydrogen-bond donors (Lipinski definition) is 2. The van der Waals surface area contributed by atoms with Gasteiger partial charge in [0.05, 0.1) is 4.90 Å². The summed E-state index contributed by atoms with van der Waals surface area (Å²) in [6, 6.07) is 4.91. The van der Waals surface area contributed by atoms with E-state index < -0.39 is 15.8 Å². The molecule has 90 valence electrons. The van der Waals surface area contributed by atoms with E-state index in [0.717, 1.165) is 12.5 Å². The van der Waals surface area contributed by atoms with Crippen molar-refractivity contribution in [3.05, 3.63) is 30.1 Å². The molecule has 3 N–H and O–H groups in total. The lowest BCUT2D eigenvalue weighted by molar-refractivity contribution is 0.573. The van der Waals surface area contributed by atoms with E-state index in [2.05, 4.69) is 4.72 Å². The maximum atomic E-state index is 12.8. The van der Waals surface area contributed by atoms with E-state index in [0.29, 0.717) is 19.5 Å². The molecule has 0 atom stereocenters. The van der Waals surface area contributed by atoms with Crippen LogP contribution >= 0.6 is 0 Å². The van der Waals surface area contributed by atoms with Gasteiger partial charge in [-0.05, 0) is 37.6 Å². The molecule has 0 fully saturated rings. The van der Waals surface area contributed by atoms with Gasteiger partial charge in [0.1, 0.15) is 5.82 Å². The highest BCUT2D eigenvalue weighted by Gasteiger charge is 2.13. The highest BCUT2D eigenvalue weighted by Crippen LogP contribution is 2.09. The van der Waals surface area contributed by atoms with Crippen LogP contribution in [0.2, 0.25) is 0 Å². The Labute approximate surface area is 94.7 Å². The van der Waals surface area contributed by atoms with Crippen LogP contribution in [0.15, 0.2) is 29.2 Å². The van der Waals surface area contributed by atoms with Crippen molar-refractivity contribution in [3.63, 3.8) is 0 Å². The van der Waals surface area contributed by atoms with E-state index in [4.69, 9.17) is 5.73 Å². The van der Waals surface area contributed by atoms with Crippen molar-refractivity contribution in [2.24, 2.45) is 5.73 Å². The van der Waals surface area contributed by atoms with Crippen LogP contribution < -0.4 is 10.5 Å². The van der Waals surface area contributed by atoms with Gasteiger partial charge in [-0.15, -0.1) is 0 Å². The molecule has 0 spiro atoms. The molecule has 0 aliphatic rings. The minimum atomic E-state index is -3.59. The molecule has 0 heterocycles. The van der Waals surface area contributed by atoms with Crippen LogP contribution in [0.4, 0.5) is 4.39 Å². The fourth-order valence-corrected chi connectivity index (χ4v) is 2.30. The molecule has 4 nitrogen and oxygen atoms in total. The fourth-order valence-electron chi connectivity index (χ4n) is 1.19. The summed E-state index contributed by atoms with van der Waals surface area (Å²) in [4.78, 5) is -0.0553. The molecule has 0 saturated carbocycles. The summed E-state index contributed by atoms with van der Waals surface area (Å²) in [7, 11) is -3.59. The number of nitrogens with one attached hydrogen (secondary N) is 1. The minimum Gasteiger partial charge on any atom is -0.330 e. The van der Waals surface area contributed by atoms with Crippen LogP contribution in [-0.2, 0) is 10.0 Å². The van der Waals surface area contributed by atoms with E-state index >= 15 is 0 Å². The Morgan fingerprint density at radius 3 is 2.69 bits per heavy atom. The minimum absolute atomic E-state index is 0.0553. The van der Waals surface area contributed by atoms with Crippen LogP contribution in [0.25, 0.3) is 0 Å². The summed E-state index contributed by atoms with van der Waals surface area (Å²) in [6.07, 6.45) is 1.43.